The van der Waals surface area contributed by atoms with Gasteiger partial charge in [0.1, 0.15) is 11.6 Å². The van der Waals surface area contributed by atoms with Gasteiger partial charge in [-0.15, -0.1) is 0 Å². The largest absolute Gasteiger partial charge is 0.497 e. The smallest absolute Gasteiger partial charge is 0.224 e. The fourth-order valence-corrected chi connectivity index (χ4v) is 2.95. The number of benzene rings is 1. The fourth-order valence-electron chi connectivity index (χ4n) is 2.95. The highest BCUT2D eigenvalue weighted by Crippen LogP contribution is 2.16. The maximum Gasteiger partial charge on any atom is 0.224 e. The molecule has 1 aliphatic heterocycles. The first kappa shape index (κ1) is 14.6. The van der Waals surface area contributed by atoms with Crippen molar-refractivity contribution >= 4 is 5.91 Å². The van der Waals surface area contributed by atoms with E-state index in [1.54, 1.807) is 7.11 Å². The van der Waals surface area contributed by atoms with E-state index in [9.17, 15) is 4.79 Å². The highest BCUT2D eigenvalue weighted by Gasteiger charge is 2.21. The summed E-state index contributed by atoms with van der Waals surface area (Å²) in [6.07, 6.45) is 4.29. The van der Waals surface area contributed by atoms with Crippen LogP contribution in [-0.2, 0) is 24.2 Å². The van der Waals surface area contributed by atoms with Crippen molar-refractivity contribution < 1.29 is 9.53 Å². The normalized spacial score (nSPS) is 16.9. The van der Waals surface area contributed by atoms with Crippen LogP contribution in [0.4, 0.5) is 0 Å². The van der Waals surface area contributed by atoms with Gasteiger partial charge in [0.2, 0.25) is 5.91 Å². The zero-order valence-corrected chi connectivity index (χ0v) is 13.0. The van der Waals surface area contributed by atoms with E-state index in [4.69, 9.17) is 4.74 Å². The maximum atomic E-state index is 12.2. The molecule has 3 rings (SSSR count). The third kappa shape index (κ3) is 3.30. The Morgan fingerprint density at radius 2 is 2.36 bits per heavy atom. The summed E-state index contributed by atoms with van der Waals surface area (Å²) in [6.45, 7) is 2.81. The molecule has 0 saturated carbocycles. The van der Waals surface area contributed by atoms with Crippen LogP contribution in [0, 0.1) is 6.92 Å². The third-order valence-corrected chi connectivity index (χ3v) is 3.98. The topological polar surface area (TPSA) is 56.1 Å². The van der Waals surface area contributed by atoms with E-state index in [1.807, 2.05) is 31.2 Å². The molecule has 1 atom stereocenters. The maximum absolute atomic E-state index is 12.2. The average Bonchev–Trinajstić information content (AvgIpc) is 2.86. The Labute approximate surface area is 130 Å². The van der Waals surface area contributed by atoms with Gasteiger partial charge in [-0.25, -0.2) is 4.98 Å². The van der Waals surface area contributed by atoms with E-state index in [0.717, 1.165) is 42.2 Å². The van der Waals surface area contributed by atoms with Crippen LogP contribution in [0.5, 0.6) is 5.75 Å². The molecule has 22 heavy (non-hydrogen) atoms. The van der Waals surface area contributed by atoms with Gasteiger partial charge >= 0.3 is 0 Å². The number of methoxy groups -OCH3 is 1. The molecule has 1 amide bonds. The summed E-state index contributed by atoms with van der Waals surface area (Å²) in [5.41, 5.74) is 2.00. The van der Waals surface area contributed by atoms with E-state index in [-0.39, 0.29) is 11.9 Å². The zero-order chi connectivity index (χ0) is 15.5. The Balaban J connectivity index is 1.58. The van der Waals surface area contributed by atoms with Gasteiger partial charge in [-0.05, 0) is 31.0 Å². The van der Waals surface area contributed by atoms with Gasteiger partial charge in [0.25, 0.3) is 0 Å². The second kappa shape index (κ2) is 6.22. The van der Waals surface area contributed by atoms with Crippen molar-refractivity contribution in [3.63, 3.8) is 0 Å². The molecule has 2 heterocycles. The first-order chi connectivity index (χ1) is 10.6. The minimum absolute atomic E-state index is 0.0542. The van der Waals surface area contributed by atoms with Crippen molar-refractivity contribution in [3.05, 3.63) is 47.5 Å². The molecule has 2 aromatic rings. The summed E-state index contributed by atoms with van der Waals surface area (Å²) in [6, 6.07) is 7.81. The van der Waals surface area contributed by atoms with Crippen molar-refractivity contribution in [3.8, 4) is 5.75 Å². The number of aromatic nitrogens is 2. The van der Waals surface area contributed by atoms with E-state index < -0.39 is 0 Å². The zero-order valence-electron chi connectivity index (χ0n) is 13.0. The van der Waals surface area contributed by atoms with Crippen LogP contribution < -0.4 is 10.1 Å². The number of carbonyl (C=O) groups excluding carboxylic acids is 1. The molecule has 0 aliphatic carbocycles. The number of aryl methyl sites for hydroxylation is 2. The molecule has 0 unspecified atom stereocenters. The molecule has 1 aromatic heterocycles. The van der Waals surface area contributed by atoms with Gasteiger partial charge in [0.05, 0.1) is 19.2 Å². The molecule has 116 valence electrons. The molecule has 0 fully saturated rings. The van der Waals surface area contributed by atoms with Gasteiger partial charge in [-0.3, -0.25) is 4.79 Å². The molecule has 1 aromatic carbocycles. The Hall–Kier alpha value is -2.30. The number of imidazole rings is 1. The lowest BCUT2D eigenvalue weighted by atomic mass is 10.1. The first-order valence-electron chi connectivity index (χ1n) is 7.59. The fraction of sp³-hybridized carbons (Fsp3) is 0.412. The summed E-state index contributed by atoms with van der Waals surface area (Å²) in [5, 5.41) is 3.13. The number of nitrogens with zero attached hydrogens (tertiary/aromatic N) is 2. The van der Waals surface area contributed by atoms with Crippen LogP contribution in [-0.4, -0.2) is 28.6 Å². The van der Waals surface area contributed by atoms with Crippen molar-refractivity contribution in [2.24, 2.45) is 0 Å². The summed E-state index contributed by atoms with van der Waals surface area (Å²) in [7, 11) is 1.63. The van der Waals surface area contributed by atoms with E-state index in [2.05, 4.69) is 21.1 Å². The van der Waals surface area contributed by atoms with E-state index in [0.29, 0.717) is 6.42 Å². The van der Waals surface area contributed by atoms with Crippen LogP contribution in [0.15, 0.2) is 30.5 Å². The number of nitrogens with one attached hydrogen (secondary N) is 1. The molecule has 0 saturated heterocycles. The van der Waals surface area contributed by atoms with Gasteiger partial charge in [0, 0.05) is 25.2 Å². The summed E-state index contributed by atoms with van der Waals surface area (Å²) in [5.74, 6) is 1.95. The highest BCUT2D eigenvalue weighted by molar-refractivity contribution is 5.79. The lowest BCUT2D eigenvalue weighted by Crippen LogP contribution is -2.41. The number of rotatable bonds is 4. The Kier molecular flexibility index (Phi) is 4.13. The SMILES string of the molecule is COc1cccc(CC(=O)N[C@H]2CCc3nc(C)cn3C2)c1. The van der Waals surface area contributed by atoms with Crippen molar-refractivity contribution in [1.29, 1.82) is 0 Å². The molecule has 0 spiro atoms. The highest BCUT2D eigenvalue weighted by atomic mass is 16.5. The average molecular weight is 299 g/mol. The van der Waals surface area contributed by atoms with Crippen LogP contribution in [0.1, 0.15) is 23.5 Å². The van der Waals surface area contributed by atoms with Crippen LogP contribution in [0.25, 0.3) is 0 Å². The Bertz CT molecular complexity index is 678. The van der Waals surface area contributed by atoms with Crippen molar-refractivity contribution in [2.45, 2.75) is 38.8 Å². The number of hydrogen-bond acceptors (Lipinski definition) is 3. The lowest BCUT2D eigenvalue weighted by Gasteiger charge is -2.24. The van der Waals surface area contributed by atoms with Crippen LogP contribution in [0.2, 0.25) is 0 Å². The van der Waals surface area contributed by atoms with Gasteiger partial charge < -0.3 is 14.6 Å². The summed E-state index contributed by atoms with van der Waals surface area (Å²) >= 11 is 0. The third-order valence-electron chi connectivity index (χ3n) is 3.98. The standard InChI is InChI=1S/C17H21N3O2/c1-12-10-20-11-14(6-7-16(20)18-12)19-17(21)9-13-4-3-5-15(8-13)22-2/h3-5,8,10,14H,6-7,9,11H2,1-2H3,(H,19,21)/t14-/m0/s1. The molecule has 5 heteroatoms. The van der Waals surface area contributed by atoms with Gasteiger partial charge in [0.15, 0.2) is 0 Å². The Morgan fingerprint density at radius 3 is 3.18 bits per heavy atom. The summed E-state index contributed by atoms with van der Waals surface area (Å²) < 4.78 is 7.33. The van der Waals surface area contributed by atoms with Gasteiger partial charge in [-0.2, -0.15) is 0 Å². The predicted octanol–water partition coefficient (Wildman–Crippen LogP) is 1.87. The number of hydrogen-bond donors (Lipinski definition) is 1. The molecule has 1 N–H and O–H groups in total. The second-order valence-electron chi connectivity index (χ2n) is 5.78. The number of carbonyl (C=O) groups is 1. The quantitative estimate of drug-likeness (QED) is 0.938. The molecular formula is C17H21N3O2. The second-order valence-corrected chi connectivity index (χ2v) is 5.78. The predicted molar refractivity (Wildman–Crippen MR) is 83.9 cm³/mol. The van der Waals surface area contributed by atoms with E-state index >= 15 is 0 Å². The lowest BCUT2D eigenvalue weighted by molar-refractivity contribution is -0.121. The van der Waals surface area contributed by atoms with Crippen LogP contribution in [0.3, 0.4) is 0 Å². The van der Waals surface area contributed by atoms with Gasteiger partial charge in [-0.1, -0.05) is 12.1 Å². The molecule has 0 bridgehead atoms. The monoisotopic (exact) mass is 299 g/mol. The first-order valence-corrected chi connectivity index (χ1v) is 7.59. The van der Waals surface area contributed by atoms with Crippen LogP contribution >= 0.6 is 0 Å². The number of amides is 1. The minimum Gasteiger partial charge on any atom is -0.497 e. The Morgan fingerprint density at radius 1 is 1.50 bits per heavy atom. The van der Waals surface area contributed by atoms with E-state index in [1.165, 1.54) is 0 Å². The molecular weight excluding hydrogens is 278 g/mol. The number of fused-ring (bicyclic) bond motifs is 1. The summed E-state index contributed by atoms with van der Waals surface area (Å²) in [4.78, 5) is 16.7. The minimum atomic E-state index is 0.0542. The molecule has 5 nitrogen and oxygen atoms in total. The molecule has 1 aliphatic rings. The van der Waals surface area contributed by atoms with Crippen molar-refractivity contribution in [2.75, 3.05) is 7.11 Å². The molecule has 0 radical (unpaired) electrons. The number of ether oxygens (including phenoxy) is 1. The van der Waals surface area contributed by atoms with Crippen molar-refractivity contribution in [1.82, 2.24) is 14.9 Å².